The number of hydrogen-bond donors (Lipinski definition) is 0. The minimum Gasteiger partial charge on any atom is -0.306 e. The summed E-state index contributed by atoms with van der Waals surface area (Å²) in [5.74, 6) is -0.407. The van der Waals surface area contributed by atoms with Crippen molar-refractivity contribution in [3.63, 3.8) is 0 Å². The number of carbonyl (C=O) groups is 1. The Morgan fingerprint density at radius 2 is 2.09 bits per heavy atom. The molecule has 0 aliphatic carbocycles. The Hall–Kier alpha value is -2.32. The molecular formula is C17H13FN2OS. The summed E-state index contributed by atoms with van der Waals surface area (Å²) < 4.78 is 13.9. The van der Waals surface area contributed by atoms with Gasteiger partial charge in [0.15, 0.2) is 0 Å². The van der Waals surface area contributed by atoms with Crippen LogP contribution in [-0.4, -0.2) is 11.2 Å². The third kappa shape index (κ3) is 2.58. The van der Waals surface area contributed by atoms with Crippen LogP contribution < -0.4 is 4.90 Å². The van der Waals surface area contributed by atoms with Crippen LogP contribution in [0.2, 0.25) is 0 Å². The van der Waals surface area contributed by atoms with Crippen molar-refractivity contribution in [3.8, 4) is 6.07 Å². The van der Waals surface area contributed by atoms with Crippen molar-refractivity contribution in [1.29, 1.82) is 5.26 Å². The molecule has 1 unspecified atom stereocenters. The van der Waals surface area contributed by atoms with Crippen LogP contribution in [-0.2, 0) is 11.3 Å². The molecule has 1 amide bonds. The maximum absolute atomic E-state index is 13.9. The van der Waals surface area contributed by atoms with Crippen LogP contribution in [0.15, 0.2) is 47.4 Å². The summed E-state index contributed by atoms with van der Waals surface area (Å²) in [5.41, 5.74) is 1.62. The Morgan fingerprint density at radius 1 is 1.32 bits per heavy atom. The highest BCUT2D eigenvalue weighted by Gasteiger charge is 2.31. The number of thioether (sulfide) groups is 1. The van der Waals surface area contributed by atoms with Crippen LogP contribution in [0.3, 0.4) is 0 Å². The van der Waals surface area contributed by atoms with Crippen molar-refractivity contribution < 1.29 is 9.18 Å². The number of fused-ring (bicyclic) bond motifs is 1. The molecule has 1 aliphatic rings. The van der Waals surface area contributed by atoms with Crippen LogP contribution in [0.1, 0.15) is 18.1 Å². The van der Waals surface area contributed by atoms with E-state index in [2.05, 4.69) is 6.07 Å². The molecular weight excluding hydrogens is 299 g/mol. The second kappa shape index (κ2) is 5.82. The van der Waals surface area contributed by atoms with Crippen molar-refractivity contribution in [3.05, 3.63) is 59.4 Å². The number of nitrogens with zero attached hydrogens (tertiary/aromatic N) is 2. The number of anilines is 1. The minimum absolute atomic E-state index is 0.0733. The molecule has 0 N–H and O–H groups in total. The average molecular weight is 312 g/mol. The Kier molecular flexibility index (Phi) is 3.86. The van der Waals surface area contributed by atoms with Crippen molar-refractivity contribution >= 4 is 23.4 Å². The zero-order valence-electron chi connectivity index (χ0n) is 11.9. The fourth-order valence-corrected chi connectivity index (χ4v) is 3.48. The predicted octanol–water partition coefficient (Wildman–Crippen LogP) is 3.72. The molecule has 0 saturated heterocycles. The monoisotopic (exact) mass is 312 g/mol. The van der Waals surface area contributed by atoms with Crippen molar-refractivity contribution in [2.24, 2.45) is 0 Å². The normalized spacial score (nSPS) is 17.0. The number of benzene rings is 2. The lowest BCUT2D eigenvalue weighted by Gasteiger charge is -2.32. The Balaban J connectivity index is 2.05. The molecule has 22 heavy (non-hydrogen) atoms. The molecule has 2 aromatic carbocycles. The first-order valence-electron chi connectivity index (χ1n) is 6.85. The van der Waals surface area contributed by atoms with E-state index >= 15 is 0 Å². The van der Waals surface area contributed by atoms with E-state index in [1.54, 1.807) is 35.2 Å². The largest absolute Gasteiger partial charge is 0.306 e. The van der Waals surface area contributed by atoms with E-state index in [1.807, 2.05) is 13.0 Å². The SMILES string of the molecule is CC1Sc2ccc(C#N)cc2N(Cc2ccccc2F)C1=O. The quantitative estimate of drug-likeness (QED) is 0.849. The van der Waals surface area contributed by atoms with Gasteiger partial charge in [-0.15, -0.1) is 11.8 Å². The molecule has 2 aromatic rings. The second-order valence-corrected chi connectivity index (χ2v) is 6.45. The Morgan fingerprint density at radius 3 is 2.82 bits per heavy atom. The third-order valence-electron chi connectivity index (χ3n) is 3.58. The summed E-state index contributed by atoms with van der Waals surface area (Å²) in [5, 5.41) is 8.83. The van der Waals surface area contributed by atoms with Crippen LogP contribution in [0.4, 0.5) is 10.1 Å². The molecule has 0 aromatic heterocycles. The molecule has 0 saturated carbocycles. The first-order chi connectivity index (χ1) is 10.6. The van der Waals surface area contributed by atoms with E-state index < -0.39 is 0 Å². The van der Waals surface area contributed by atoms with Gasteiger partial charge in [-0.3, -0.25) is 4.79 Å². The first-order valence-corrected chi connectivity index (χ1v) is 7.73. The van der Waals surface area contributed by atoms with Gasteiger partial charge in [-0.25, -0.2) is 4.39 Å². The summed E-state index contributed by atoms with van der Waals surface area (Å²) in [6.07, 6.45) is 0. The lowest BCUT2D eigenvalue weighted by Crippen LogP contribution is -2.39. The van der Waals surface area contributed by atoms with Crippen LogP contribution in [0.25, 0.3) is 0 Å². The standard InChI is InChI=1S/C17H13FN2OS/c1-11-17(21)20(10-13-4-2-3-5-14(13)18)15-8-12(9-19)6-7-16(15)22-11/h2-8,11H,10H2,1H3. The van der Waals surface area contributed by atoms with Gasteiger partial charge in [-0.2, -0.15) is 5.26 Å². The zero-order valence-corrected chi connectivity index (χ0v) is 12.7. The lowest BCUT2D eigenvalue weighted by atomic mass is 10.1. The molecule has 3 rings (SSSR count). The molecule has 1 aliphatic heterocycles. The predicted molar refractivity (Wildman–Crippen MR) is 84.1 cm³/mol. The van der Waals surface area contributed by atoms with Crippen LogP contribution in [0.5, 0.6) is 0 Å². The summed E-state index contributed by atoms with van der Waals surface area (Å²) in [6.45, 7) is 2.00. The smallest absolute Gasteiger partial charge is 0.240 e. The lowest BCUT2D eigenvalue weighted by molar-refractivity contribution is -0.118. The van der Waals surface area contributed by atoms with E-state index in [0.717, 1.165) is 4.90 Å². The van der Waals surface area contributed by atoms with E-state index in [0.29, 0.717) is 16.8 Å². The Labute approximate surface area is 132 Å². The van der Waals surface area contributed by atoms with Crippen molar-refractivity contribution in [2.45, 2.75) is 23.6 Å². The van der Waals surface area contributed by atoms with Crippen molar-refractivity contribution in [2.75, 3.05) is 4.90 Å². The zero-order chi connectivity index (χ0) is 15.7. The Bertz CT molecular complexity index is 784. The van der Waals surface area contributed by atoms with E-state index in [4.69, 9.17) is 5.26 Å². The fourth-order valence-electron chi connectivity index (χ4n) is 2.44. The number of halogens is 1. The van der Waals surface area contributed by atoms with Gasteiger partial charge >= 0.3 is 0 Å². The fraction of sp³-hybridized carbons (Fsp3) is 0.176. The third-order valence-corrected chi connectivity index (χ3v) is 4.74. The van der Waals surface area contributed by atoms with Crippen molar-refractivity contribution in [1.82, 2.24) is 0 Å². The minimum atomic E-state index is -0.334. The molecule has 0 bridgehead atoms. The summed E-state index contributed by atoms with van der Waals surface area (Å²) in [4.78, 5) is 15.0. The highest BCUT2D eigenvalue weighted by atomic mass is 32.2. The second-order valence-electron chi connectivity index (χ2n) is 5.07. The van der Waals surface area contributed by atoms with Gasteiger partial charge < -0.3 is 4.90 Å². The molecule has 0 spiro atoms. The van der Waals surface area contributed by atoms with Gasteiger partial charge in [0.1, 0.15) is 5.82 Å². The molecule has 5 heteroatoms. The molecule has 1 heterocycles. The topological polar surface area (TPSA) is 44.1 Å². The van der Waals surface area contributed by atoms with Gasteiger partial charge in [0.25, 0.3) is 0 Å². The summed E-state index contributed by atoms with van der Waals surface area (Å²) in [6, 6.07) is 13.8. The number of hydrogen-bond acceptors (Lipinski definition) is 3. The number of nitriles is 1. The maximum Gasteiger partial charge on any atom is 0.240 e. The number of carbonyl (C=O) groups excluding carboxylic acids is 1. The first kappa shape index (κ1) is 14.6. The molecule has 1 atom stereocenters. The van der Waals surface area contributed by atoms with E-state index in [-0.39, 0.29) is 23.5 Å². The summed E-state index contributed by atoms with van der Waals surface area (Å²) >= 11 is 1.46. The van der Waals surface area contributed by atoms with Gasteiger partial charge in [0.2, 0.25) is 5.91 Å². The van der Waals surface area contributed by atoms with Gasteiger partial charge in [0.05, 0.1) is 29.1 Å². The molecule has 0 radical (unpaired) electrons. The van der Waals surface area contributed by atoms with E-state index in [9.17, 15) is 9.18 Å². The van der Waals surface area contributed by atoms with Gasteiger partial charge in [-0.1, -0.05) is 18.2 Å². The molecule has 3 nitrogen and oxygen atoms in total. The molecule has 110 valence electrons. The highest BCUT2D eigenvalue weighted by molar-refractivity contribution is 8.00. The maximum atomic E-state index is 13.9. The van der Waals surface area contributed by atoms with Crippen LogP contribution >= 0.6 is 11.8 Å². The number of amides is 1. The molecule has 0 fully saturated rings. The average Bonchev–Trinajstić information content (AvgIpc) is 2.53. The summed E-state index contributed by atoms with van der Waals surface area (Å²) in [7, 11) is 0. The van der Waals surface area contributed by atoms with Gasteiger partial charge in [-0.05, 0) is 31.2 Å². The van der Waals surface area contributed by atoms with E-state index in [1.165, 1.54) is 17.8 Å². The van der Waals surface area contributed by atoms with Gasteiger partial charge in [0, 0.05) is 10.5 Å². The highest BCUT2D eigenvalue weighted by Crippen LogP contribution is 2.40. The number of rotatable bonds is 2. The van der Waals surface area contributed by atoms with Crippen LogP contribution in [0, 0.1) is 17.1 Å².